The SMILES string of the molecule is CCCOc1ccc(C(=O)CCC(=O)OCC(=O)Nc2ccc(C)cc2)cc1. The van der Waals surface area contributed by atoms with Crippen LogP contribution in [0.1, 0.15) is 42.1 Å². The van der Waals surface area contributed by atoms with Crippen molar-refractivity contribution >= 4 is 23.3 Å². The molecule has 28 heavy (non-hydrogen) atoms. The molecule has 0 spiro atoms. The van der Waals surface area contributed by atoms with E-state index in [4.69, 9.17) is 9.47 Å². The Kier molecular flexibility index (Phi) is 8.21. The second kappa shape index (κ2) is 10.9. The minimum Gasteiger partial charge on any atom is -0.494 e. The number of Topliss-reactive ketones (excluding diaryl/α,β-unsaturated/α-hetero) is 1. The lowest BCUT2D eigenvalue weighted by Gasteiger charge is -2.07. The molecule has 0 radical (unpaired) electrons. The summed E-state index contributed by atoms with van der Waals surface area (Å²) in [5.74, 6) is -0.470. The van der Waals surface area contributed by atoms with Gasteiger partial charge in [-0.3, -0.25) is 14.4 Å². The van der Waals surface area contributed by atoms with Crippen molar-refractivity contribution in [1.82, 2.24) is 0 Å². The second-order valence-corrected chi connectivity index (χ2v) is 6.37. The van der Waals surface area contributed by atoms with E-state index in [-0.39, 0.29) is 25.2 Å². The molecule has 6 nitrogen and oxygen atoms in total. The monoisotopic (exact) mass is 383 g/mol. The van der Waals surface area contributed by atoms with Gasteiger partial charge in [0.1, 0.15) is 5.75 Å². The highest BCUT2D eigenvalue weighted by Gasteiger charge is 2.12. The molecular formula is C22H25NO5. The predicted molar refractivity (Wildman–Crippen MR) is 107 cm³/mol. The number of benzene rings is 2. The molecule has 0 unspecified atom stereocenters. The van der Waals surface area contributed by atoms with E-state index in [2.05, 4.69) is 5.32 Å². The summed E-state index contributed by atoms with van der Waals surface area (Å²) in [6, 6.07) is 14.1. The van der Waals surface area contributed by atoms with Gasteiger partial charge in [-0.05, 0) is 49.7 Å². The number of hydrogen-bond donors (Lipinski definition) is 1. The normalized spacial score (nSPS) is 10.2. The van der Waals surface area contributed by atoms with Crippen LogP contribution in [0.3, 0.4) is 0 Å². The summed E-state index contributed by atoms with van der Waals surface area (Å²) < 4.78 is 10.4. The first-order valence-corrected chi connectivity index (χ1v) is 9.26. The zero-order valence-electron chi connectivity index (χ0n) is 16.2. The molecule has 0 fully saturated rings. The van der Waals surface area contributed by atoms with Gasteiger partial charge >= 0.3 is 5.97 Å². The molecule has 0 heterocycles. The molecule has 0 aliphatic rings. The summed E-state index contributed by atoms with van der Waals surface area (Å²) >= 11 is 0. The fourth-order valence-corrected chi connectivity index (χ4v) is 2.37. The third-order valence-corrected chi connectivity index (χ3v) is 3.90. The molecule has 2 aromatic rings. The van der Waals surface area contributed by atoms with Gasteiger partial charge in [0, 0.05) is 17.7 Å². The van der Waals surface area contributed by atoms with Crippen molar-refractivity contribution in [3.8, 4) is 5.75 Å². The highest BCUT2D eigenvalue weighted by molar-refractivity contribution is 5.98. The highest BCUT2D eigenvalue weighted by atomic mass is 16.5. The zero-order valence-corrected chi connectivity index (χ0v) is 16.2. The zero-order chi connectivity index (χ0) is 20.4. The number of esters is 1. The molecular weight excluding hydrogens is 358 g/mol. The van der Waals surface area contributed by atoms with Crippen molar-refractivity contribution in [1.29, 1.82) is 0 Å². The maximum Gasteiger partial charge on any atom is 0.306 e. The Balaban J connectivity index is 1.70. The van der Waals surface area contributed by atoms with E-state index in [0.29, 0.717) is 23.6 Å². The van der Waals surface area contributed by atoms with Crippen molar-refractivity contribution in [3.63, 3.8) is 0 Å². The fraction of sp³-hybridized carbons (Fsp3) is 0.318. The number of nitrogens with one attached hydrogen (secondary N) is 1. The minimum atomic E-state index is -0.588. The van der Waals surface area contributed by atoms with Crippen LogP contribution in [0.15, 0.2) is 48.5 Å². The number of carbonyl (C=O) groups excluding carboxylic acids is 3. The molecule has 0 atom stereocenters. The van der Waals surface area contributed by atoms with E-state index >= 15 is 0 Å². The van der Waals surface area contributed by atoms with Crippen molar-refractivity contribution < 1.29 is 23.9 Å². The maximum atomic E-state index is 12.2. The fourth-order valence-electron chi connectivity index (χ4n) is 2.37. The minimum absolute atomic E-state index is 0.0214. The lowest BCUT2D eigenvalue weighted by Crippen LogP contribution is -2.21. The van der Waals surface area contributed by atoms with Crippen LogP contribution in [-0.2, 0) is 14.3 Å². The summed E-state index contributed by atoms with van der Waals surface area (Å²) in [4.78, 5) is 35.7. The molecule has 1 N–H and O–H groups in total. The van der Waals surface area contributed by atoms with Crippen LogP contribution < -0.4 is 10.1 Å². The van der Waals surface area contributed by atoms with Gasteiger partial charge in [0.15, 0.2) is 12.4 Å². The van der Waals surface area contributed by atoms with Crippen LogP contribution in [-0.4, -0.2) is 30.9 Å². The lowest BCUT2D eigenvalue weighted by atomic mass is 10.1. The summed E-state index contributed by atoms with van der Waals surface area (Å²) in [6.07, 6.45) is 0.851. The lowest BCUT2D eigenvalue weighted by molar-refractivity contribution is -0.147. The molecule has 0 saturated carbocycles. The smallest absolute Gasteiger partial charge is 0.306 e. The number of ether oxygens (including phenoxy) is 2. The molecule has 0 aromatic heterocycles. The molecule has 148 valence electrons. The van der Waals surface area contributed by atoms with Gasteiger partial charge in [0.05, 0.1) is 13.0 Å². The van der Waals surface area contributed by atoms with Crippen molar-refractivity contribution in [3.05, 3.63) is 59.7 Å². The molecule has 0 saturated heterocycles. The second-order valence-electron chi connectivity index (χ2n) is 6.37. The molecule has 6 heteroatoms. The number of anilines is 1. The number of aryl methyl sites for hydroxylation is 1. The topological polar surface area (TPSA) is 81.7 Å². The van der Waals surface area contributed by atoms with Crippen molar-refractivity contribution in [2.24, 2.45) is 0 Å². The first-order chi connectivity index (χ1) is 13.5. The molecule has 0 aliphatic heterocycles. The molecule has 1 amide bonds. The summed E-state index contributed by atoms with van der Waals surface area (Å²) in [5.41, 5.74) is 2.22. The molecule has 2 rings (SSSR count). The van der Waals surface area contributed by atoms with Crippen LogP contribution in [0.2, 0.25) is 0 Å². The van der Waals surface area contributed by atoms with Gasteiger partial charge in [-0.15, -0.1) is 0 Å². The Bertz CT molecular complexity index is 797. The van der Waals surface area contributed by atoms with Crippen LogP contribution >= 0.6 is 0 Å². The van der Waals surface area contributed by atoms with Crippen LogP contribution in [0, 0.1) is 6.92 Å². The summed E-state index contributed by atoms with van der Waals surface area (Å²) in [7, 11) is 0. The third kappa shape index (κ3) is 7.23. The van der Waals surface area contributed by atoms with Gasteiger partial charge < -0.3 is 14.8 Å². The summed E-state index contributed by atoms with van der Waals surface area (Å²) in [6.45, 7) is 4.20. The Morgan fingerprint density at radius 1 is 0.929 bits per heavy atom. The van der Waals surface area contributed by atoms with E-state index in [1.807, 2.05) is 26.0 Å². The van der Waals surface area contributed by atoms with Crippen LogP contribution in [0.25, 0.3) is 0 Å². The van der Waals surface area contributed by atoms with Gasteiger partial charge in [-0.25, -0.2) is 0 Å². The number of ketones is 1. The van der Waals surface area contributed by atoms with Gasteiger partial charge in [0.2, 0.25) is 0 Å². The average Bonchev–Trinajstić information content (AvgIpc) is 2.71. The van der Waals surface area contributed by atoms with Crippen molar-refractivity contribution in [2.45, 2.75) is 33.1 Å². The van der Waals surface area contributed by atoms with E-state index in [1.165, 1.54) is 0 Å². The Hall–Kier alpha value is -3.15. The van der Waals surface area contributed by atoms with Crippen LogP contribution in [0.5, 0.6) is 5.75 Å². The number of carbonyl (C=O) groups is 3. The number of amides is 1. The standard InChI is InChI=1S/C22H25NO5/c1-3-14-27-19-10-6-17(7-11-19)20(24)12-13-22(26)28-15-21(25)23-18-8-4-16(2)5-9-18/h4-11H,3,12-15H2,1-2H3,(H,23,25). The number of hydrogen-bond acceptors (Lipinski definition) is 5. The quantitative estimate of drug-likeness (QED) is 0.497. The van der Waals surface area contributed by atoms with E-state index < -0.39 is 11.9 Å². The third-order valence-electron chi connectivity index (χ3n) is 3.90. The highest BCUT2D eigenvalue weighted by Crippen LogP contribution is 2.14. The predicted octanol–water partition coefficient (Wildman–Crippen LogP) is 3.93. The van der Waals surface area contributed by atoms with E-state index in [1.54, 1.807) is 36.4 Å². The average molecular weight is 383 g/mol. The first-order valence-electron chi connectivity index (χ1n) is 9.26. The van der Waals surface area contributed by atoms with Crippen LogP contribution in [0.4, 0.5) is 5.69 Å². The van der Waals surface area contributed by atoms with Crippen molar-refractivity contribution in [2.75, 3.05) is 18.5 Å². The maximum absolute atomic E-state index is 12.2. The van der Waals surface area contributed by atoms with Gasteiger partial charge in [0.25, 0.3) is 5.91 Å². The molecule has 2 aromatic carbocycles. The Labute approximate surface area is 164 Å². The Morgan fingerprint density at radius 2 is 1.61 bits per heavy atom. The summed E-state index contributed by atoms with van der Waals surface area (Å²) in [5, 5.41) is 2.64. The Morgan fingerprint density at radius 3 is 2.25 bits per heavy atom. The van der Waals surface area contributed by atoms with Gasteiger partial charge in [-0.1, -0.05) is 24.6 Å². The van der Waals surface area contributed by atoms with Gasteiger partial charge in [-0.2, -0.15) is 0 Å². The first kappa shape index (κ1) is 21.2. The molecule has 0 bridgehead atoms. The van der Waals surface area contributed by atoms with E-state index in [0.717, 1.165) is 12.0 Å². The van der Waals surface area contributed by atoms with E-state index in [9.17, 15) is 14.4 Å². The largest absolute Gasteiger partial charge is 0.494 e. The molecule has 0 aliphatic carbocycles. The number of rotatable bonds is 10.